The second kappa shape index (κ2) is 7.10. The van der Waals surface area contributed by atoms with E-state index in [2.05, 4.69) is 24.1 Å². The monoisotopic (exact) mass is 269 g/mol. The number of thioether (sulfide) groups is 1. The molecule has 0 saturated heterocycles. The second-order valence-electron chi connectivity index (χ2n) is 3.99. The topological polar surface area (TPSA) is 88.2 Å². The summed E-state index contributed by atoms with van der Waals surface area (Å²) in [5.41, 5.74) is 5.81. The molecule has 1 aromatic heterocycles. The predicted octanol–water partition coefficient (Wildman–Crippen LogP) is 2.31. The summed E-state index contributed by atoms with van der Waals surface area (Å²) in [6.07, 6.45) is 2.38. The predicted molar refractivity (Wildman–Crippen MR) is 76.3 cm³/mol. The lowest BCUT2D eigenvalue weighted by Crippen LogP contribution is -2.17. The zero-order valence-electron chi connectivity index (χ0n) is 10.6. The van der Waals surface area contributed by atoms with Gasteiger partial charge in [0.05, 0.1) is 17.4 Å². The number of carbonyl (C=O) groups is 1. The molecular weight excluding hydrogens is 250 g/mol. The van der Waals surface area contributed by atoms with Gasteiger partial charge in [-0.3, -0.25) is 0 Å². The molecule has 6 heteroatoms. The number of rotatable bonds is 7. The Kier molecular flexibility index (Phi) is 5.77. The summed E-state index contributed by atoms with van der Waals surface area (Å²) in [5, 5.41) is 12.1. The van der Waals surface area contributed by atoms with Gasteiger partial charge >= 0.3 is 5.97 Å². The lowest BCUT2D eigenvalue weighted by molar-refractivity contribution is 0.0698. The van der Waals surface area contributed by atoms with E-state index in [0.717, 1.165) is 17.9 Å². The highest BCUT2D eigenvalue weighted by Gasteiger charge is 2.10. The minimum absolute atomic E-state index is 0.0858. The van der Waals surface area contributed by atoms with Gasteiger partial charge in [0, 0.05) is 6.04 Å². The van der Waals surface area contributed by atoms with E-state index in [-0.39, 0.29) is 17.3 Å². The van der Waals surface area contributed by atoms with Crippen LogP contribution in [0.4, 0.5) is 11.5 Å². The third-order valence-electron chi connectivity index (χ3n) is 2.46. The number of carboxylic acids is 1. The second-order valence-corrected chi connectivity index (χ2v) is 5.39. The summed E-state index contributed by atoms with van der Waals surface area (Å²) in [5.74, 6) is 1.70. The first-order chi connectivity index (χ1) is 8.54. The molecule has 1 aromatic rings. The maximum absolute atomic E-state index is 10.9. The number of nitrogens with one attached hydrogen (secondary N) is 1. The molecule has 0 bridgehead atoms. The molecule has 0 aromatic carbocycles. The zero-order valence-corrected chi connectivity index (χ0v) is 11.5. The fourth-order valence-corrected chi connectivity index (χ4v) is 2.27. The Morgan fingerprint density at radius 3 is 3.00 bits per heavy atom. The number of nitrogen functional groups attached to an aromatic ring is 1. The summed E-state index contributed by atoms with van der Waals surface area (Å²) in [4.78, 5) is 15.0. The third kappa shape index (κ3) is 4.44. The van der Waals surface area contributed by atoms with Crippen LogP contribution in [0.2, 0.25) is 0 Å². The molecule has 0 aliphatic heterocycles. The van der Waals surface area contributed by atoms with E-state index in [0.29, 0.717) is 5.82 Å². The molecule has 1 heterocycles. The normalized spacial score (nSPS) is 12.1. The average Bonchev–Trinajstić information content (AvgIpc) is 2.31. The van der Waals surface area contributed by atoms with E-state index in [9.17, 15) is 4.79 Å². The Morgan fingerprint density at radius 1 is 1.67 bits per heavy atom. The maximum atomic E-state index is 10.9. The lowest BCUT2D eigenvalue weighted by atomic mass is 10.2. The van der Waals surface area contributed by atoms with Crippen molar-refractivity contribution in [3.8, 4) is 0 Å². The van der Waals surface area contributed by atoms with Gasteiger partial charge in [0.1, 0.15) is 5.82 Å². The fraction of sp³-hybridized carbons (Fsp3) is 0.500. The maximum Gasteiger partial charge on any atom is 0.337 e. The average molecular weight is 269 g/mol. The zero-order chi connectivity index (χ0) is 13.5. The van der Waals surface area contributed by atoms with Crippen molar-refractivity contribution in [1.29, 1.82) is 0 Å². The highest BCUT2D eigenvalue weighted by atomic mass is 32.2. The van der Waals surface area contributed by atoms with Crippen molar-refractivity contribution in [2.24, 2.45) is 0 Å². The number of anilines is 2. The molecule has 100 valence electrons. The van der Waals surface area contributed by atoms with Gasteiger partial charge in [-0.05, 0) is 30.9 Å². The fourth-order valence-electron chi connectivity index (χ4n) is 1.46. The molecule has 0 amide bonds. The summed E-state index contributed by atoms with van der Waals surface area (Å²) < 4.78 is 0. The van der Waals surface area contributed by atoms with Crippen LogP contribution in [-0.4, -0.2) is 33.6 Å². The summed E-state index contributed by atoms with van der Waals surface area (Å²) in [6.45, 7) is 4.18. The van der Waals surface area contributed by atoms with Crippen molar-refractivity contribution in [1.82, 2.24) is 4.98 Å². The summed E-state index contributed by atoms with van der Waals surface area (Å²) in [6, 6.07) is 1.73. The molecule has 0 aliphatic rings. The SMILES string of the molecule is CCSCCC(C)Nc1cc(C(=O)O)c(N)cn1. The molecular formula is C12H19N3O2S. The first-order valence-corrected chi connectivity index (χ1v) is 7.03. The number of hydrogen-bond donors (Lipinski definition) is 3. The summed E-state index contributed by atoms with van der Waals surface area (Å²) in [7, 11) is 0. The molecule has 4 N–H and O–H groups in total. The van der Waals surface area contributed by atoms with Crippen LogP contribution < -0.4 is 11.1 Å². The summed E-state index contributed by atoms with van der Waals surface area (Å²) >= 11 is 1.88. The van der Waals surface area contributed by atoms with E-state index in [1.807, 2.05) is 11.8 Å². The molecule has 5 nitrogen and oxygen atoms in total. The van der Waals surface area contributed by atoms with Crippen LogP contribution in [0.3, 0.4) is 0 Å². The van der Waals surface area contributed by atoms with Crippen molar-refractivity contribution in [3.05, 3.63) is 17.8 Å². The number of aromatic carboxylic acids is 1. The molecule has 0 fully saturated rings. The highest BCUT2D eigenvalue weighted by molar-refractivity contribution is 7.99. The van der Waals surface area contributed by atoms with Gasteiger partial charge < -0.3 is 16.2 Å². The van der Waals surface area contributed by atoms with Gasteiger partial charge in [0.25, 0.3) is 0 Å². The minimum atomic E-state index is -1.04. The van der Waals surface area contributed by atoms with Crippen molar-refractivity contribution in [3.63, 3.8) is 0 Å². The third-order valence-corrected chi connectivity index (χ3v) is 3.39. The van der Waals surface area contributed by atoms with Gasteiger partial charge in [-0.25, -0.2) is 9.78 Å². The largest absolute Gasteiger partial charge is 0.478 e. The van der Waals surface area contributed by atoms with Crippen LogP contribution in [0.1, 0.15) is 30.6 Å². The first kappa shape index (κ1) is 14.6. The minimum Gasteiger partial charge on any atom is -0.478 e. The number of nitrogens with two attached hydrogens (primary N) is 1. The molecule has 1 atom stereocenters. The van der Waals surface area contributed by atoms with E-state index >= 15 is 0 Å². The lowest BCUT2D eigenvalue weighted by Gasteiger charge is -2.14. The Balaban J connectivity index is 2.62. The van der Waals surface area contributed by atoms with Crippen LogP contribution in [0.25, 0.3) is 0 Å². The van der Waals surface area contributed by atoms with E-state index < -0.39 is 5.97 Å². The smallest absolute Gasteiger partial charge is 0.337 e. The van der Waals surface area contributed by atoms with Crippen LogP contribution in [0.15, 0.2) is 12.3 Å². The Morgan fingerprint density at radius 2 is 2.39 bits per heavy atom. The van der Waals surface area contributed by atoms with E-state index in [1.165, 1.54) is 12.3 Å². The van der Waals surface area contributed by atoms with Gasteiger partial charge in [0.2, 0.25) is 0 Å². The number of aromatic nitrogens is 1. The quantitative estimate of drug-likeness (QED) is 0.658. The van der Waals surface area contributed by atoms with Gasteiger partial charge in [-0.2, -0.15) is 11.8 Å². The standard InChI is InChI=1S/C12H19N3O2S/c1-3-18-5-4-8(2)15-11-6-9(12(16)17)10(13)7-14-11/h6-8H,3-5,13H2,1-2H3,(H,14,15)(H,16,17). The number of carboxylic acid groups (broad SMARTS) is 1. The molecule has 0 aliphatic carbocycles. The Bertz CT molecular complexity index is 412. The Hall–Kier alpha value is -1.43. The van der Waals surface area contributed by atoms with Crippen LogP contribution in [-0.2, 0) is 0 Å². The van der Waals surface area contributed by atoms with Crippen molar-refractivity contribution in [2.75, 3.05) is 22.6 Å². The number of hydrogen-bond acceptors (Lipinski definition) is 5. The number of pyridine rings is 1. The molecule has 18 heavy (non-hydrogen) atoms. The van der Waals surface area contributed by atoms with Crippen molar-refractivity contribution < 1.29 is 9.90 Å². The molecule has 0 radical (unpaired) electrons. The van der Waals surface area contributed by atoms with E-state index in [4.69, 9.17) is 10.8 Å². The molecule has 1 rings (SSSR count). The van der Waals surface area contributed by atoms with Crippen LogP contribution in [0.5, 0.6) is 0 Å². The number of nitrogens with zero attached hydrogens (tertiary/aromatic N) is 1. The van der Waals surface area contributed by atoms with Gasteiger partial charge in [0.15, 0.2) is 0 Å². The van der Waals surface area contributed by atoms with Crippen LogP contribution in [0, 0.1) is 0 Å². The highest BCUT2D eigenvalue weighted by Crippen LogP contribution is 2.16. The van der Waals surface area contributed by atoms with E-state index in [1.54, 1.807) is 0 Å². The molecule has 1 unspecified atom stereocenters. The molecule has 0 spiro atoms. The van der Waals surface area contributed by atoms with Crippen LogP contribution >= 0.6 is 11.8 Å². The Labute approximate surface area is 111 Å². The van der Waals surface area contributed by atoms with Gasteiger partial charge in [-0.1, -0.05) is 6.92 Å². The van der Waals surface area contributed by atoms with Crippen molar-refractivity contribution >= 4 is 29.2 Å². The first-order valence-electron chi connectivity index (χ1n) is 5.87. The van der Waals surface area contributed by atoms with Crippen molar-refractivity contribution in [2.45, 2.75) is 26.3 Å². The molecule has 0 saturated carbocycles. The van der Waals surface area contributed by atoms with Gasteiger partial charge in [-0.15, -0.1) is 0 Å².